The van der Waals surface area contributed by atoms with Crippen molar-refractivity contribution in [3.8, 4) is 34.5 Å². The van der Waals surface area contributed by atoms with Crippen LogP contribution in [0.1, 0.15) is 16.7 Å². The summed E-state index contributed by atoms with van der Waals surface area (Å²) < 4.78 is 0. The van der Waals surface area contributed by atoms with E-state index in [1.807, 2.05) is 0 Å². The van der Waals surface area contributed by atoms with Crippen LogP contribution >= 0.6 is 0 Å². The van der Waals surface area contributed by atoms with Crippen LogP contribution in [0, 0.1) is 0 Å². The second-order valence-corrected chi connectivity index (χ2v) is 6.29. The zero-order chi connectivity index (χ0) is 21.8. The summed E-state index contributed by atoms with van der Waals surface area (Å²) in [5.74, 6) is -1.22. The number of hydrogen-bond donors (Lipinski definition) is 6. The zero-order valence-electron chi connectivity index (χ0n) is 15.6. The Labute approximate surface area is 171 Å². The summed E-state index contributed by atoms with van der Waals surface area (Å²) in [4.78, 5) is 8.48. The summed E-state index contributed by atoms with van der Waals surface area (Å²) in [6.07, 6.45) is 1.27. The van der Waals surface area contributed by atoms with Crippen LogP contribution in [0.15, 0.2) is 71.2 Å². The summed E-state index contributed by atoms with van der Waals surface area (Å²) in [6.45, 7) is 3.80. The van der Waals surface area contributed by atoms with E-state index < -0.39 is 0 Å². The highest BCUT2D eigenvalue weighted by atomic mass is 16.3. The van der Waals surface area contributed by atoms with Crippen molar-refractivity contribution in [2.75, 3.05) is 0 Å². The largest absolute Gasteiger partial charge is 0.508 e. The number of phenols is 6. The highest BCUT2D eigenvalue weighted by molar-refractivity contribution is 6.09. The van der Waals surface area contributed by atoms with E-state index in [9.17, 15) is 30.6 Å². The second-order valence-electron chi connectivity index (χ2n) is 6.29. The highest BCUT2D eigenvalue weighted by Gasteiger charge is 2.12. The van der Waals surface area contributed by atoms with Crippen molar-refractivity contribution in [2.24, 2.45) is 9.98 Å². The standard InChI is InChI=1S/C22H18N2O6/c1-12(17-6-4-15(26)9-20(17)29)24-22(18-7-5-16(27)10-21(18)30)23-11-13-2-3-14(25)8-19(13)28/h2-11,25-30H,1H2. The van der Waals surface area contributed by atoms with Gasteiger partial charge in [0.15, 0.2) is 5.84 Å². The maximum atomic E-state index is 10.2. The van der Waals surface area contributed by atoms with Gasteiger partial charge in [-0.1, -0.05) is 6.58 Å². The molecule has 0 saturated carbocycles. The van der Waals surface area contributed by atoms with Crippen molar-refractivity contribution < 1.29 is 30.6 Å². The molecule has 8 nitrogen and oxygen atoms in total. The fourth-order valence-corrected chi connectivity index (χ4v) is 2.59. The number of rotatable bonds is 4. The molecule has 0 aliphatic heterocycles. The number of benzene rings is 3. The summed E-state index contributed by atoms with van der Waals surface area (Å²) in [5, 5.41) is 58.6. The Kier molecular flexibility index (Phi) is 5.59. The van der Waals surface area contributed by atoms with Crippen molar-refractivity contribution in [2.45, 2.75) is 0 Å². The van der Waals surface area contributed by atoms with Crippen LogP contribution in [0.5, 0.6) is 34.5 Å². The van der Waals surface area contributed by atoms with Crippen LogP contribution in [0.25, 0.3) is 5.70 Å². The third kappa shape index (κ3) is 4.50. The summed E-state index contributed by atoms with van der Waals surface area (Å²) in [6, 6.07) is 11.7. The third-order valence-corrected chi connectivity index (χ3v) is 4.10. The lowest BCUT2D eigenvalue weighted by Crippen LogP contribution is -2.00. The fourth-order valence-electron chi connectivity index (χ4n) is 2.59. The van der Waals surface area contributed by atoms with E-state index in [0.29, 0.717) is 0 Å². The first-order valence-electron chi connectivity index (χ1n) is 8.63. The quantitative estimate of drug-likeness (QED) is 0.289. The van der Waals surface area contributed by atoms with Gasteiger partial charge in [-0.2, -0.15) is 0 Å². The Morgan fingerprint density at radius 1 is 0.667 bits per heavy atom. The molecule has 152 valence electrons. The molecule has 0 aliphatic carbocycles. The van der Waals surface area contributed by atoms with Crippen LogP contribution < -0.4 is 0 Å². The predicted molar refractivity (Wildman–Crippen MR) is 112 cm³/mol. The van der Waals surface area contributed by atoms with E-state index in [4.69, 9.17) is 0 Å². The van der Waals surface area contributed by atoms with Gasteiger partial charge in [0.2, 0.25) is 0 Å². The molecule has 0 aromatic heterocycles. The van der Waals surface area contributed by atoms with Gasteiger partial charge in [-0.3, -0.25) is 0 Å². The molecule has 0 saturated heterocycles. The van der Waals surface area contributed by atoms with Gasteiger partial charge >= 0.3 is 0 Å². The van der Waals surface area contributed by atoms with Crippen molar-refractivity contribution in [1.82, 2.24) is 0 Å². The van der Waals surface area contributed by atoms with Gasteiger partial charge in [-0.05, 0) is 36.4 Å². The molecule has 0 spiro atoms. The van der Waals surface area contributed by atoms with Gasteiger partial charge in [0.1, 0.15) is 34.5 Å². The highest BCUT2D eigenvalue weighted by Crippen LogP contribution is 2.30. The van der Waals surface area contributed by atoms with E-state index in [-0.39, 0.29) is 62.7 Å². The van der Waals surface area contributed by atoms with Crippen LogP contribution in [0.3, 0.4) is 0 Å². The lowest BCUT2D eigenvalue weighted by Gasteiger charge is -2.08. The van der Waals surface area contributed by atoms with Crippen LogP contribution in [-0.2, 0) is 0 Å². The lowest BCUT2D eigenvalue weighted by atomic mass is 10.1. The minimum Gasteiger partial charge on any atom is -0.508 e. The monoisotopic (exact) mass is 406 g/mol. The maximum absolute atomic E-state index is 10.2. The van der Waals surface area contributed by atoms with Gasteiger partial charge in [0.25, 0.3) is 0 Å². The van der Waals surface area contributed by atoms with Gasteiger partial charge in [-0.15, -0.1) is 0 Å². The molecule has 30 heavy (non-hydrogen) atoms. The van der Waals surface area contributed by atoms with Crippen molar-refractivity contribution in [3.63, 3.8) is 0 Å². The Bertz CT molecular complexity index is 1180. The number of hydrogen-bond acceptors (Lipinski definition) is 7. The molecular formula is C22H18N2O6. The maximum Gasteiger partial charge on any atom is 0.163 e. The molecular weight excluding hydrogens is 388 g/mol. The van der Waals surface area contributed by atoms with Crippen molar-refractivity contribution in [3.05, 3.63) is 77.9 Å². The molecule has 0 bridgehead atoms. The second kappa shape index (κ2) is 8.27. The SMILES string of the molecule is C=C(N=C(N=Cc1ccc(O)cc1O)c1ccc(O)cc1O)c1ccc(O)cc1O. The molecule has 3 aromatic rings. The Morgan fingerprint density at radius 2 is 1.17 bits per heavy atom. The van der Waals surface area contributed by atoms with E-state index in [1.165, 1.54) is 42.6 Å². The number of aliphatic imine (C=N–C) groups is 2. The minimum absolute atomic E-state index is 0.0301. The molecule has 0 aliphatic rings. The zero-order valence-corrected chi connectivity index (χ0v) is 15.6. The molecule has 3 rings (SSSR count). The van der Waals surface area contributed by atoms with Crippen LogP contribution in [0.4, 0.5) is 0 Å². The predicted octanol–water partition coefficient (Wildman–Crippen LogP) is 3.46. The van der Waals surface area contributed by atoms with Crippen LogP contribution in [-0.4, -0.2) is 42.7 Å². The average molecular weight is 406 g/mol. The van der Waals surface area contributed by atoms with E-state index >= 15 is 0 Å². The number of aromatic hydroxyl groups is 6. The smallest absolute Gasteiger partial charge is 0.163 e. The molecule has 0 fully saturated rings. The first kappa shape index (κ1) is 20.3. The van der Waals surface area contributed by atoms with E-state index in [0.717, 1.165) is 18.2 Å². The van der Waals surface area contributed by atoms with Crippen molar-refractivity contribution in [1.29, 1.82) is 0 Å². The van der Waals surface area contributed by atoms with Crippen LogP contribution in [0.2, 0.25) is 0 Å². The van der Waals surface area contributed by atoms with Gasteiger partial charge in [0, 0.05) is 35.5 Å². The summed E-state index contributed by atoms with van der Waals surface area (Å²) >= 11 is 0. The van der Waals surface area contributed by atoms with Gasteiger partial charge in [0.05, 0.1) is 11.3 Å². The molecule has 0 unspecified atom stereocenters. The molecule has 0 heterocycles. The summed E-state index contributed by atoms with van der Waals surface area (Å²) in [7, 11) is 0. The normalized spacial score (nSPS) is 11.7. The van der Waals surface area contributed by atoms with E-state index in [2.05, 4.69) is 16.6 Å². The van der Waals surface area contributed by atoms with Crippen molar-refractivity contribution >= 4 is 17.7 Å². The molecule has 0 atom stereocenters. The third-order valence-electron chi connectivity index (χ3n) is 4.10. The Hall–Kier alpha value is -4.46. The average Bonchev–Trinajstić information content (AvgIpc) is 2.66. The first-order chi connectivity index (χ1) is 14.2. The van der Waals surface area contributed by atoms with Gasteiger partial charge < -0.3 is 30.6 Å². The van der Waals surface area contributed by atoms with E-state index in [1.54, 1.807) is 0 Å². The molecule has 8 heteroatoms. The molecule has 0 amide bonds. The summed E-state index contributed by atoms with van der Waals surface area (Å²) in [5.41, 5.74) is 0.742. The number of nitrogens with zero attached hydrogens (tertiary/aromatic N) is 2. The lowest BCUT2D eigenvalue weighted by molar-refractivity contribution is 0.448. The Morgan fingerprint density at radius 3 is 1.70 bits per heavy atom. The molecule has 3 aromatic carbocycles. The van der Waals surface area contributed by atoms with Gasteiger partial charge in [-0.25, -0.2) is 9.98 Å². The Balaban J connectivity index is 2.08. The number of amidine groups is 1. The first-order valence-corrected chi connectivity index (χ1v) is 8.63. The molecule has 6 N–H and O–H groups in total. The minimum atomic E-state index is -0.302. The topological polar surface area (TPSA) is 146 Å². The molecule has 0 radical (unpaired) electrons. The number of phenolic OH excluding ortho intramolecular Hbond substituents is 6. The fraction of sp³-hybridized carbons (Fsp3) is 0.